The first-order valence-electron chi connectivity index (χ1n) is 8.08. The van der Waals surface area contributed by atoms with Crippen molar-refractivity contribution in [3.8, 4) is 17.0 Å². The van der Waals surface area contributed by atoms with Crippen molar-refractivity contribution >= 4 is 22.7 Å². The number of fused-ring (bicyclic) bond motifs is 1. The van der Waals surface area contributed by atoms with Crippen molar-refractivity contribution in [3.05, 3.63) is 61.1 Å². The molecule has 1 aromatic carbocycles. The van der Waals surface area contributed by atoms with Crippen LogP contribution in [0.25, 0.3) is 22.3 Å². The van der Waals surface area contributed by atoms with Crippen molar-refractivity contribution < 1.29 is 5.11 Å². The molecule has 6 heteroatoms. The highest BCUT2D eigenvalue weighted by Crippen LogP contribution is 2.29. The Morgan fingerprint density at radius 2 is 1.88 bits per heavy atom. The van der Waals surface area contributed by atoms with Crippen LogP contribution in [0.4, 0.5) is 11.6 Å². The first-order chi connectivity index (χ1) is 12.2. The summed E-state index contributed by atoms with van der Waals surface area (Å²) in [6.07, 6.45) is 5.61. The first-order valence-corrected chi connectivity index (χ1v) is 8.08. The third-order valence-corrected chi connectivity index (χ3v) is 4.03. The van der Waals surface area contributed by atoms with Gasteiger partial charge in [0, 0.05) is 41.8 Å². The summed E-state index contributed by atoms with van der Waals surface area (Å²) in [4.78, 5) is 13.4. The summed E-state index contributed by atoms with van der Waals surface area (Å²) in [6, 6.07) is 12.7. The zero-order chi connectivity index (χ0) is 17.2. The molecular weight excluding hydrogens is 314 g/mol. The molecule has 0 amide bonds. The number of phenolic OH excluding ortho intramolecular Hbond substituents is 1. The largest absolute Gasteiger partial charge is 0.508 e. The molecule has 3 aromatic heterocycles. The summed E-state index contributed by atoms with van der Waals surface area (Å²) < 4.78 is 2.11. The second-order valence-electron chi connectivity index (χ2n) is 5.64. The van der Waals surface area contributed by atoms with Crippen molar-refractivity contribution in [1.82, 2.24) is 19.5 Å². The van der Waals surface area contributed by atoms with Gasteiger partial charge in [-0.3, -0.25) is 0 Å². The number of aromatic hydroxyl groups is 1. The van der Waals surface area contributed by atoms with Gasteiger partial charge in [-0.15, -0.1) is 0 Å². The molecule has 0 saturated heterocycles. The Labute approximate surface area is 144 Å². The van der Waals surface area contributed by atoms with Crippen molar-refractivity contribution in [1.29, 1.82) is 0 Å². The standard InChI is InChI=1S/C19H17N5O/c1-2-24-12-16(15-4-3-10-20-18(15)24)17-9-11-21-19(23-17)22-13-5-7-14(25)8-6-13/h3-12,25H,2H2,1H3,(H,21,22,23). The number of aromatic nitrogens is 4. The van der Waals surface area contributed by atoms with Crippen LogP contribution in [-0.2, 0) is 6.54 Å². The molecular formula is C19H17N5O. The highest BCUT2D eigenvalue weighted by atomic mass is 16.3. The Bertz CT molecular complexity index is 1020. The molecule has 0 aliphatic heterocycles. The lowest BCUT2D eigenvalue weighted by Gasteiger charge is -2.06. The normalized spacial score (nSPS) is 10.9. The summed E-state index contributed by atoms with van der Waals surface area (Å²) in [7, 11) is 0. The predicted octanol–water partition coefficient (Wildman–Crippen LogP) is 3.96. The zero-order valence-corrected chi connectivity index (χ0v) is 13.7. The van der Waals surface area contributed by atoms with Crippen LogP contribution < -0.4 is 5.32 Å². The maximum atomic E-state index is 9.37. The van der Waals surface area contributed by atoms with Crippen molar-refractivity contribution in [2.45, 2.75) is 13.5 Å². The third kappa shape index (κ3) is 2.89. The van der Waals surface area contributed by atoms with Gasteiger partial charge in [-0.05, 0) is 49.4 Å². The van der Waals surface area contributed by atoms with Gasteiger partial charge in [0.1, 0.15) is 11.4 Å². The molecule has 3 heterocycles. The molecule has 124 valence electrons. The summed E-state index contributed by atoms with van der Waals surface area (Å²) in [5.41, 5.74) is 3.63. The lowest BCUT2D eigenvalue weighted by molar-refractivity contribution is 0.475. The molecule has 0 aliphatic rings. The minimum absolute atomic E-state index is 0.222. The van der Waals surface area contributed by atoms with E-state index >= 15 is 0 Å². The van der Waals surface area contributed by atoms with Gasteiger partial charge in [0.25, 0.3) is 0 Å². The quantitative estimate of drug-likeness (QED) is 0.554. The summed E-state index contributed by atoms with van der Waals surface area (Å²) in [5, 5.41) is 13.6. The SMILES string of the molecule is CCn1cc(-c2ccnc(Nc3ccc(O)cc3)n2)c2cccnc21. The molecule has 4 aromatic rings. The number of nitrogens with zero attached hydrogens (tertiary/aromatic N) is 4. The van der Waals surface area contributed by atoms with E-state index in [0.717, 1.165) is 34.5 Å². The van der Waals surface area contributed by atoms with E-state index in [9.17, 15) is 5.11 Å². The number of rotatable bonds is 4. The molecule has 0 aliphatic carbocycles. The van der Waals surface area contributed by atoms with E-state index in [4.69, 9.17) is 0 Å². The molecule has 25 heavy (non-hydrogen) atoms. The Hall–Kier alpha value is -3.41. The molecule has 0 unspecified atom stereocenters. The van der Waals surface area contributed by atoms with Crippen LogP contribution >= 0.6 is 0 Å². The van der Waals surface area contributed by atoms with Gasteiger partial charge in [-0.25, -0.2) is 15.0 Å². The number of nitrogens with one attached hydrogen (secondary N) is 1. The van der Waals surface area contributed by atoms with E-state index in [1.807, 2.05) is 12.1 Å². The van der Waals surface area contributed by atoms with Gasteiger partial charge >= 0.3 is 0 Å². The van der Waals surface area contributed by atoms with Gasteiger partial charge in [0.2, 0.25) is 5.95 Å². The lowest BCUT2D eigenvalue weighted by atomic mass is 10.1. The number of benzene rings is 1. The molecule has 0 spiro atoms. The van der Waals surface area contributed by atoms with Gasteiger partial charge in [0.15, 0.2) is 0 Å². The van der Waals surface area contributed by atoms with Crippen LogP contribution in [0.15, 0.2) is 61.1 Å². The number of phenols is 1. The first kappa shape index (κ1) is 15.1. The number of hydrogen-bond donors (Lipinski definition) is 2. The maximum Gasteiger partial charge on any atom is 0.227 e. The minimum atomic E-state index is 0.222. The second kappa shape index (κ2) is 6.24. The average molecular weight is 331 g/mol. The maximum absolute atomic E-state index is 9.37. The summed E-state index contributed by atoms with van der Waals surface area (Å²) >= 11 is 0. The molecule has 6 nitrogen and oxygen atoms in total. The number of hydrogen-bond acceptors (Lipinski definition) is 5. The summed E-state index contributed by atoms with van der Waals surface area (Å²) in [5.74, 6) is 0.726. The summed E-state index contributed by atoms with van der Waals surface area (Å²) in [6.45, 7) is 2.94. The highest BCUT2D eigenvalue weighted by Gasteiger charge is 2.12. The number of anilines is 2. The van der Waals surface area contributed by atoms with E-state index in [-0.39, 0.29) is 5.75 Å². The van der Waals surface area contributed by atoms with Crippen molar-refractivity contribution in [2.24, 2.45) is 0 Å². The molecule has 0 bridgehead atoms. The van der Waals surface area contributed by atoms with Crippen LogP contribution in [0.2, 0.25) is 0 Å². The van der Waals surface area contributed by atoms with E-state index in [1.54, 1.807) is 36.7 Å². The van der Waals surface area contributed by atoms with E-state index < -0.39 is 0 Å². The van der Waals surface area contributed by atoms with Crippen molar-refractivity contribution in [2.75, 3.05) is 5.32 Å². The highest BCUT2D eigenvalue weighted by molar-refractivity contribution is 5.93. The van der Waals surface area contributed by atoms with Crippen LogP contribution in [0.3, 0.4) is 0 Å². The van der Waals surface area contributed by atoms with Crippen LogP contribution in [0.5, 0.6) is 5.75 Å². The predicted molar refractivity (Wildman–Crippen MR) is 97.8 cm³/mol. The van der Waals surface area contributed by atoms with E-state index in [2.05, 4.69) is 44.0 Å². The molecule has 0 fully saturated rings. The van der Waals surface area contributed by atoms with Gasteiger partial charge < -0.3 is 15.0 Å². The topological polar surface area (TPSA) is 75.9 Å². The number of aryl methyl sites for hydroxylation is 1. The molecule has 0 saturated carbocycles. The molecule has 0 radical (unpaired) electrons. The lowest BCUT2D eigenvalue weighted by Crippen LogP contribution is -1.97. The number of pyridine rings is 1. The van der Waals surface area contributed by atoms with E-state index in [1.165, 1.54) is 0 Å². The Balaban J connectivity index is 1.73. The Morgan fingerprint density at radius 3 is 2.68 bits per heavy atom. The average Bonchev–Trinajstić information content (AvgIpc) is 3.03. The third-order valence-electron chi connectivity index (χ3n) is 4.03. The van der Waals surface area contributed by atoms with Crippen molar-refractivity contribution in [3.63, 3.8) is 0 Å². The fourth-order valence-electron chi connectivity index (χ4n) is 2.81. The van der Waals surface area contributed by atoms with Crippen LogP contribution in [-0.4, -0.2) is 24.6 Å². The Morgan fingerprint density at radius 1 is 1.04 bits per heavy atom. The van der Waals surface area contributed by atoms with E-state index in [0.29, 0.717) is 5.95 Å². The smallest absolute Gasteiger partial charge is 0.227 e. The second-order valence-corrected chi connectivity index (χ2v) is 5.64. The van der Waals surface area contributed by atoms with Gasteiger partial charge in [0.05, 0.1) is 5.69 Å². The van der Waals surface area contributed by atoms with Crippen LogP contribution in [0, 0.1) is 0 Å². The molecule has 0 atom stereocenters. The monoisotopic (exact) mass is 331 g/mol. The fraction of sp³-hybridized carbons (Fsp3) is 0.105. The molecule has 2 N–H and O–H groups in total. The minimum Gasteiger partial charge on any atom is -0.508 e. The zero-order valence-electron chi connectivity index (χ0n) is 13.7. The van der Waals surface area contributed by atoms with Crippen LogP contribution in [0.1, 0.15) is 6.92 Å². The molecule has 4 rings (SSSR count). The fourth-order valence-corrected chi connectivity index (χ4v) is 2.81. The van der Waals surface area contributed by atoms with Gasteiger partial charge in [-0.2, -0.15) is 0 Å². The Kier molecular flexibility index (Phi) is 3.78. The van der Waals surface area contributed by atoms with Gasteiger partial charge in [-0.1, -0.05) is 0 Å².